The van der Waals surface area contributed by atoms with Crippen molar-refractivity contribution in [1.82, 2.24) is 30.0 Å². The minimum absolute atomic E-state index is 0.274. The fourth-order valence-electron chi connectivity index (χ4n) is 5.48. The number of hydrogen-bond donors (Lipinski definition) is 2. The van der Waals surface area contributed by atoms with E-state index in [4.69, 9.17) is 10.5 Å². The molecule has 8 heteroatoms. The molecule has 2 fully saturated rings. The lowest BCUT2D eigenvalue weighted by Crippen LogP contribution is -2.60. The molecule has 1 atom stereocenters. The summed E-state index contributed by atoms with van der Waals surface area (Å²) in [6.07, 6.45) is 7.72. The summed E-state index contributed by atoms with van der Waals surface area (Å²) in [4.78, 5) is 11.4. The lowest BCUT2D eigenvalue weighted by atomic mass is 9.62. The highest BCUT2D eigenvalue weighted by molar-refractivity contribution is 5.63. The minimum Gasteiger partial charge on any atom is -0.433 e. The van der Waals surface area contributed by atoms with Gasteiger partial charge in [0, 0.05) is 31.7 Å². The second-order valence-electron chi connectivity index (χ2n) is 9.88. The van der Waals surface area contributed by atoms with Crippen LogP contribution in [0.3, 0.4) is 0 Å². The van der Waals surface area contributed by atoms with Gasteiger partial charge < -0.3 is 20.7 Å². The normalized spacial score (nSPS) is 22.2. The Hall–Kier alpha value is -2.97. The maximum atomic E-state index is 6.09. The maximum Gasteiger partial charge on any atom is 0.263 e. The monoisotopic (exact) mass is 431 g/mol. The van der Waals surface area contributed by atoms with Crippen molar-refractivity contribution in [3.8, 4) is 22.9 Å². The molecule has 1 aromatic carbocycles. The third kappa shape index (κ3) is 3.34. The van der Waals surface area contributed by atoms with Gasteiger partial charge in [-0.05, 0) is 48.4 Å². The van der Waals surface area contributed by atoms with Crippen LogP contribution >= 0.6 is 0 Å². The summed E-state index contributed by atoms with van der Waals surface area (Å²) in [6, 6.07) is 6.99. The molecule has 1 saturated heterocycles. The Balaban J connectivity index is 1.22. The Morgan fingerprint density at radius 3 is 2.84 bits per heavy atom. The van der Waals surface area contributed by atoms with Gasteiger partial charge >= 0.3 is 0 Å². The zero-order valence-electron chi connectivity index (χ0n) is 18.6. The highest BCUT2D eigenvalue weighted by Crippen LogP contribution is 2.50. The molecule has 3 aromatic rings. The van der Waals surface area contributed by atoms with Crippen LogP contribution in [-0.4, -0.2) is 51.3 Å². The van der Waals surface area contributed by atoms with Crippen molar-refractivity contribution < 1.29 is 4.74 Å². The molecule has 0 bridgehead atoms. The van der Waals surface area contributed by atoms with Crippen molar-refractivity contribution in [3.05, 3.63) is 47.9 Å². The van der Waals surface area contributed by atoms with E-state index in [0.717, 1.165) is 37.4 Å². The summed E-state index contributed by atoms with van der Waals surface area (Å²) in [5.41, 5.74) is 11.1. The minimum atomic E-state index is 0.274. The van der Waals surface area contributed by atoms with Gasteiger partial charge in [0.1, 0.15) is 0 Å². The summed E-state index contributed by atoms with van der Waals surface area (Å²) in [6.45, 7) is 6.56. The van der Waals surface area contributed by atoms with E-state index < -0.39 is 0 Å². The molecule has 6 rings (SSSR count). The Kier molecular flexibility index (Phi) is 4.48. The Labute approximate surface area is 187 Å². The quantitative estimate of drug-likeness (QED) is 0.655. The number of hydrogen-bond acceptors (Lipinski definition) is 7. The zero-order valence-corrected chi connectivity index (χ0v) is 18.6. The molecule has 3 N–H and O–H groups in total. The fourth-order valence-corrected chi connectivity index (χ4v) is 5.48. The third-order valence-corrected chi connectivity index (χ3v) is 7.27. The van der Waals surface area contributed by atoms with Gasteiger partial charge in [-0.25, -0.2) is 9.97 Å². The Morgan fingerprint density at radius 1 is 1.22 bits per heavy atom. The molecule has 0 amide bonds. The maximum absolute atomic E-state index is 6.09. The van der Waals surface area contributed by atoms with Gasteiger partial charge in [0.25, 0.3) is 5.88 Å². The van der Waals surface area contributed by atoms with Crippen LogP contribution in [0.5, 0.6) is 11.6 Å². The molecule has 3 aliphatic rings. The van der Waals surface area contributed by atoms with Gasteiger partial charge in [-0.3, -0.25) is 4.68 Å². The standard InChI is InChI=1S/C24H29N7O/c1-15-10-30(2)11-17-5-16(3-4-20(15)17)21-9-27-22(25)23(29-21)32-19-8-28-31(12-19)18-6-24(7-18)13-26-14-24/h3-5,8-9,12,15,18,26H,6-7,10-11,13-14H2,1-2H3,(H2,25,27). The molecule has 1 aliphatic carbocycles. The molecule has 0 radical (unpaired) electrons. The molecule has 8 nitrogen and oxygen atoms in total. The number of likely N-dealkylation sites (N-methyl/N-ethyl adjacent to an activating group) is 1. The lowest BCUT2D eigenvalue weighted by Gasteiger charge is -2.54. The summed E-state index contributed by atoms with van der Waals surface area (Å²) in [5, 5.41) is 7.88. The Morgan fingerprint density at radius 2 is 2.06 bits per heavy atom. The number of aromatic nitrogens is 4. The van der Waals surface area contributed by atoms with Crippen LogP contribution in [-0.2, 0) is 6.54 Å². The zero-order chi connectivity index (χ0) is 21.9. The predicted octanol–water partition coefficient (Wildman–Crippen LogP) is 3.19. The molecule has 2 aliphatic heterocycles. The number of nitrogen functional groups attached to an aromatic ring is 1. The van der Waals surface area contributed by atoms with Crippen LogP contribution in [0.25, 0.3) is 11.3 Å². The van der Waals surface area contributed by atoms with Crippen LogP contribution in [0.1, 0.15) is 42.9 Å². The average Bonchev–Trinajstić information content (AvgIpc) is 3.15. The van der Waals surface area contributed by atoms with E-state index in [0.29, 0.717) is 29.0 Å². The first-order chi connectivity index (χ1) is 15.5. The topological polar surface area (TPSA) is 94.1 Å². The van der Waals surface area contributed by atoms with Crippen molar-refractivity contribution in [3.63, 3.8) is 0 Å². The summed E-state index contributed by atoms with van der Waals surface area (Å²) in [7, 11) is 2.16. The van der Waals surface area contributed by atoms with Gasteiger partial charge in [-0.1, -0.05) is 19.1 Å². The summed E-state index contributed by atoms with van der Waals surface area (Å²) < 4.78 is 8.01. The van der Waals surface area contributed by atoms with E-state index in [1.54, 1.807) is 12.4 Å². The van der Waals surface area contributed by atoms with Crippen LogP contribution in [0, 0.1) is 5.41 Å². The highest BCUT2D eigenvalue weighted by Gasteiger charge is 2.49. The molecular formula is C24H29N7O. The predicted molar refractivity (Wildman–Crippen MR) is 123 cm³/mol. The molecule has 32 heavy (non-hydrogen) atoms. The number of nitrogens with one attached hydrogen (secondary N) is 1. The van der Waals surface area contributed by atoms with Crippen molar-refractivity contribution >= 4 is 5.82 Å². The van der Waals surface area contributed by atoms with Crippen LogP contribution < -0.4 is 15.8 Å². The van der Waals surface area contributed by atoms with Crippen molar-refractivity contribution in [2.45, 2.75) is 38.3 Å². The molecule has 1 saturated carbocycles. The van der Waals surface area contributed by atoms with E-state index in [1.807, 2.05) is 10.9 Å². The highest BCUT2D eigenvalue weighted by atomic mass is 16.5. The molecule has 2 aromatic heterocycles. The second-order valence-corrected chi connectivity index (χ2v) is 9.88. The number of benzene rings is 1. The average molecular weight is 432 g/mol. The van der Waals surface area contributed by atoms with Crippen molar-refractivity contribution in [2.24, 2.45) is 5.41 Å². The van der Waals surface area contributed by atoms with Crippen molar-refractivity contribution in [2.75, 3.05) is 32.4 Å². The second kappa shape index (κ2) is 7.28. The Bertz CT molecular complexity index is 1160. The smallest absolute Gasteiger partial charge is 0.263 e. The van der Waals surface area contributed by atoms with Gasteiger partial charge in [0.05, 0.1) is 30.3 Å². The van der Waals surface area contributed by atoms with Crippen LogP contribution in [0.2, 0.25) is 0 Å². The molecule has 1 unspecified atom stereocenters. The third-order valence-electron chi connectivity index (χ3n) is 7.27. The van der Waals surface area contributed by atoms with Gasteiger partial charge in [0.15, 0.2) is 11.6 Å². The number of ether oxygens (including phenoxy) is 1. The number of nitrogens with zero attached hydrogens (tertiary/aromatic N) is 5. The summed E-state index contributed by atoms with van der Waals surface area (Å²) >= 11 is 0. The first kappa shape index (κ1) is 19.7. The van der Waals surface area contributed by atoms with Crippen molar-refractivity contribution in [1.29, 1.82) is 0 Å². The largest absolute Gasteiger partial charge is 0.433 e. The molecule has 166 valence electrons. The number of nitrogens with two attached hydrogens (primary N) is 1. The van der Waals surface area contributed by atoms with Gasteiger partial charge in [0.2, 0.25) is 0 Å². The number of anilines is 1. The van der Waals surface area contributed by atoms with E-state index >= 15 is 0 Å². The van der Waals surface area contributed by atoms with E-state index in [2.05, 4.69) is 57.5 Å². The first-order valence-corrected chi connectivity index (χ1v) is 11.3. The van der Waals surface area contributed by atoms with Gasteiger partial charge in [-0.2, -0.15) is 5.10 Å². The number of rotatable bonds is 4. The molecule has 4 heterocycles. The summed E-state index contributed by atoms with van der Waals surface area (Å²) in [5.74, 6) is 1.75. The fraction of sp³-hybridized carbons (Fsp3) is 0.458. The van der Waals surface area contributed by atoms with Crippen LogP contribution in [0.15, 0.2) is 36.8 Å². The number of fused-ring (bicyclic) bond motifs is 1. The van der Waals surface area contributed by atoms with Crippen LogP contribution in [0.4, 0.5) is 5.82 Å². The SMILES string of the molecule is CC1CN(C)Cc2cc(-c3cnc(N)c(Oc4cnn(C5CC6(CNC6)C5)c4)n3)ccc21. The van der Waals surface area contributed by atoms with E-state index in [-0.39, 0.29) is 5.82 Å². The lowest BCUT2D eigenvalue weighted by molar-refractivity contribution is 0.00229. The molecule has 1 spiro atoms. The van der Waals surface area contributed by atoms with E-state index in [9.17, 15) is 0 Å². The van der Waals surface area contributed by atoms with Gasteiger partial charge in [-0.15, -0.1) is 0 Å². The van der Waals surface area contributed by atoms with E-state index in [1.165, 1.54) is 24.0 Å². The molecular weight excluding hydrogens is 402 g/mol. The first-order valence-electron chi connectivity index (χ1n) is 11.3.